The van der Waals surface area contributed by atoms with Gasteiger partial charge in [0.25, 0.3) is 0 Å². The summed E-state index contributed by atoms with van der Waals surface area (Å²) in [5, 5.41) is 34.4. The van der Waals surface area contributed by atoms with E-state index >= 15 is 0 Å². The van der Waals surface area contributed by atoms with Crippen LogP contribution in [-0.4, -0.2) is 74.9 Å². The van der Waals surface area contributed by atoms with Crippen molar-refractivity contribution in [3.8, 4) is 22.4 Å². The topological polar surface area (TPSA) is 199 Å². The number of ether oxygens (including phenoxy) is 1. The summed E-state index contributed by atoms with van der Waals surface area (Å²) < 4.78 is 68.9. The van der Waals surface area contributed by atoms with Gasteiger partial charge in [0.15, 0.2) is 0 Å². The van der Waals surface area contributed by atoms with Crippen LogP contribution >= 0.6 is 0 Å². The van der Waals surface area contributed by atoms with Gasteiger partial charge in [0, 0.05) is 30.3 Å². The molecule has 0 saturated heterocycles. The number of aromatic nitrogens is 2. The predicted molar refractivity (Wildman–Crippen MR) is 161 cm³/mol. The number of alkyl halides is 6. The molecule has 0 atom stereocenters. The summed E-state index contributed by atoms with van der Waals surface area (Å²) in [6, 6.07) is 20.4. The largest absolute Gasteiger partial charge is 1.00 e. The number of rotatable bonds is 12. The summed E-state index contributed by atoms with van der Waals surface area (Å²) in [5.41, 5.74) is 4.10. The van der Waals surface area contributed by atoms with Crippen molar-refractivity contribution >= 4 is 30.0 Å². The fourth-order valence-electron chi connectivity index (χ4n) is 3.46. The van der Waals surface area contributed by atoms with E-state index in [1.165, 1.54) is 6.92 Å². The van der Waals surface area contributed by atoms with Gasteiger partial charge in [-0.2, -0.15) is 26.3 Å². The molecule has 1 aromatic heterocycles. The quantitative estimate of drug-likeness (QED) is 0.118. The minimum Gasteiger partial charge on any atom is -0.565 e. The summed E-state index contributed by atoms with van der Waals surface area (Å²) in [4.78, 5) is 46.9. The van der Waals surface area contributed by atoms with Crippen LogP contribution in [0.5, 0.6) is 0 Å². The standard InChI is InChI=1S/C24H27N3O2.C4H5F3O2.C2HF3O2.CH2O3.Cs/c28-22(29)16-10-2-1-3-11-17-25-24-26-18-21(19-12-6-4-7-13-19)23(27-24)20-14-8-5-9-15-20;1-2-9-3(8)4(5,6)7;3-2(4,5)1(6)7;2-1(3)4;/h4-9,12-15,18H,1-3,10-11,16-17H2,(H,28,29)(H,25,26,27);2H2,1H3;(H,6,7);(H2,2,3,4);/q;;;;+1/p-1. The van der Waals surface area contributed by atoms with Crippen LogP contribution in [0.2, 0.25) is 0 Å². The van der Waals surface area contributed by atoms with Crippen molar-refractivity contribution in [1.82, 2.24) is 9.97 Å². The van der Waals surface area contributed by atoms with Crippen LogP contribution < -0.4 is 79.3 Å². The van der Waals surface area contributed by atoms with E-state index in [0.29, 0.717) is 5.95 Å². The number of hydrogen-bond donors (Lipinski definition) is 4. The number of carboxylic acid groups (broad SMARTS) is 4. The molecule has 12 nitrogen and oxygen atoms in total. The minimum atomic E-state index is -5.08. The Balaban J connectivity index is 0. The Morgan fingerprint density at radius 2 is 1.24 bits per heavy atom. The van der Waals surface area contributed by atoms with Gasteiger partial charge in [0.1, 0.15) is 0 Å². The van der Waals surface area contributed by atoms with Crippen LogP contribution in [0.15, 0.2) is 66.9 Å². The monoisotopic (exact) mass is 839 g/mol. The Labute approximate surface area is 341 Å². The van der Waals surface area contributed by atoms with E-state index in [2.05, 4.69) is 39.3 Å². The van der Waals surface area contributed by atoms with Crippen molar-refractivity contribution in [2.45, 2.75) is 57.8 Å². The van der Waals surface area contributed by atoms with E-state index in [4.69, 9.17) is 35.0 Å². The molecule has 0 aliphatic carbocycles. The molecule has 50 heavy (non-hydrogen) atoms. The third-order valence-corrected chi connectivity index (χ3v) is 5.52. The maximum Gasteiger partial charge on any atom is 1.00 e. The van der Waals surface area contributed by atoms with Crippen LogP contribution in [-0.2, 0) is 19.1 Å². The van der Waals surface area contributed by atoms with E-state index in [9.17, 15) is 35.9 Å². The molecule has 0 aliphatic heterocycles. The summed E-state index contributed by atoms with van der Waals surface area (Å²) in [5.74, 6) is -4.97. The van der Waals surface area contributed by atoms with E-state index < -0.39 is 36.4 Å². The van der Waals surface area contributed by atoms with E-state index in [1.807, 2.05) is 42.6 Å². The van der Waals surface area contributed by atoms with Crippen LogP contribution in [0.3, 0.4) is 0 Å². The second-order valence-electron chi connectivity index (χ2n) is 9.31. The van der Waals surface area contributed by atoms with Gasteiger partial charge in [-0.25, -0.2) is 19.6 Å². The molecule has 19 heteroatoms. The van der Waals surface area contributed by atoms with Crippen LogP contribution in [0.25, 0.3) is 22.4 Å². The number of halogens is 6. The number of aliphatic carboxylic acids is 2. The number of carboxylic acids is 2. The van der Waals surface area contributed by atoms with Gasteiger partial charge in [-0.1, -0.05) is 79.9 Å². The first-order chi connectivity index (χ1) is 22.9. The van der Waals surface area contributed by atoms with E-state index in [1.54, 1.807) is 0 Å². The van der Waals surface area contributed by atoms with Gasteiger partial charge in [0.05, 0.1) is 12.3 Å². The first-order valence-corrected chi connectivity index (χ1v) is 14.3. The molecule has 4 N–H and O–H groups in total. The number of carbonyl (C=O) groups excluding carboxylic acids is 1. The zero-order valence-corrected chi connectivity index (χ0v) is 33.2. The maximum atomic E-state index is 11.2. The Morgan fingerprint density at radius 3 is 1.66 bits per heavy atom. The fraction of sp³-hybridized carbons (Fsp3) is 0.355. The van der Waals surface area contributed by atoms with Crippen LogP contribution in [0.1, 0.15) is 45.4 Å². The molecule has 0 amide bonds. The van der Waals surface area contributed by atoms with Gasteiger partial charge < -0.3 is 35.3 Å². The Kier molecular flexibility index (Phi) is 25.8. The third-order valence-electron chi connectivity index (χ3n) is 5.52. The van der Waals surface area contributed by atoms with Crippen molar-refractivity contribution in [3.63, 3.8) is 0 Å². The number of anilines is 1. The predicted octanol–water partition coefficient (Wildman–Crippen LogP) is 3.28. The molecule has 1 heterocycles. The van der Waals surface area contributed by atoms with Crippen LogP contribution in [0.4, 0.5) is 37.1 Å². The van der Waals surface area contributed by atoms with E-state index in [0.717, 1.165) is 61.0 Å². The molecule has 0 radical (unpaired) electrons. The number of esters is 1. The normalized spacial score (nSPS) is 10.2. The first-order valence-electron chi connectivity index (χ1n) is 14.3. The fourth-order valence-corrected chi connectivity index (χ4v) is 3.46. The number of nitrogens with zero attached hydrogens (tertiary/aromatic N) is 2. The van der Waals surface area contributed by atoms with Crippen LogP contribution in [0, 0.1) is 0 Å². The SMILES string of the molecule is CCOC(=O)C(F)(F)F.O=C(O)C(F)(F)F.O=C(O)CCCCCCCNc1ncc(-c2ccccc2)c(-c2ccccc2)n1.O=C([O-])O.[Cs+]. The molecule has 0 saturated carbocycles. The smallest absolute Gasteiger partial charge is 0.565 e. The van der Waals surface area contributed by atoms with Crippen molar-refractivity contribution < 1.29 is 140 Å². The Hall–Kier alpha value is -3.37. The molecule has 0 aliphatic rings. The van der Waals surface area contributed by atoms with Gasteiger partial charge >= 0.3 is 99.2 Å². The second-order valence-corrected chi connectivity index (χ2v) is 9.31. The molecule has 0 fully saturated rings. The number of hydrogen-bond acceptors (Lipinski definition) is 9. The van der Waals surface area contributed by atoms with Crippen molar-refractivity contribution in [1.29, 1.82) is 0 Å². The molecule has 2 aromatic carbocycles. The Morgan fingerprint density at radius 1 is 0.780 bits per heavy atom. The number of benzene rings is 2. The molecular weight excluding hydrogens is 805 g/mol. The molecule has 0 bridgehead atoms. The second kappa shape index (κ2) is 26.4. The summed E-state index contributed by atoms with van der Waals surface area (Å²) in [7, 11) is 0. The molecule has 0 spiro atoms. The molecule has 3 rings (SSSR count). The first kappa shape index (κ1) is 48.7. The zero-order valence-electron chi connectivity index (χ0n) is 27.0. The Bertz CT molecular complexity index is 1430. The van der Waals surface area contributed by atoms with Gasteiger partial charge in [-0.05, 0) is 25.3 Å². The minimum absolute atomic E-state index is 0. The average Bonchev–Trinajstić information content (AvgIpc) is 3.02. The molecule has 3 aromatic rings. The maximum absolute atomic E-state index is 11.2. The molecule has 270 valence electrons. The van der Waals surface area contributed by atoms with Gasteiger partial charge in [0.2, 0.25) is 12.1 Å². The van der Waals surface area contributed by atoms with Gasteiger partial charge in [-0.3, -0.25) is 4.79 Å². The summed E-state index contributed by atoms with van der Waals surface area (Å²) in [6.45, 7) is 1.86. The van der Waals surface area contributed by atoms with Crippen molar-refractivity contribution in [2.75, 3.05) is 18.5 Å². The number of carbonyl (C=O) groups is 4. The van der Waals surface area contributed by atoms with E-state index in [-0.39, 0.29) is 81.9 Å². The number of unbranched alkanes of at least 4 members (excludes halogenated alkanes) is 4. The van der Waals surface area contributed by atoms with Crippen molar-refractivity contribution in [3.05, 3.63) is 66.9 Å². The number of nitrogens with one attached hydrogen (secondary N) is 1. The summed E-state index contributed by atoms with van der Waals surface area (Å²) in [6.07, 6.45) is -5.01. The zero-order chi connectivity index (χ0) is 37.5. The molecular formula is C31H34CsF6N3O9. The molecule has 0 unspecified atom stereocenters. The van der Waals surface area contributed by atoms with Gasteiger partial charge in [-0.15, -0.1) is 0 Å². The summed E-state index contributed by atoms with van der Waals surface area (Å²) >= 11 is 0. The average molecular weight is 840 g/mol. The van der Waals surface area contributed by atoms with Crippen molar-refractivity contribution in [2.24, 2.45) is 0 Å². The third kappa shape index (κ3) is 23.9.